The Labute approximate surface area is 216 Å². The molecule has 0 radical (unpaired) electrons. The molecule has 180 valence electrons. The molecule has 1 N–H and O–H groups in total. The fraction of sp³-hybridized carbons (Fsp3) is 0.192. The molecule has 4 amide bonds. The molecular formula is C26H23IN2O6. The third kappa shape index (κ3) is 5.73. The monoisotopic (exact) mass is 586 g/mol. The van der Waals surface area contributed by atoms with E-state index in [0.717, 1.165) is 14.0 Å². The van der Waals surface area contributed by atoms with Gasteiger partial charge in [0.1, 0.15) is 17.9 Å². The second-order valence-electron chi connectivity index (χ2n) is 7.83. The molecule has 0 bridgehead atoms. The highest BCUT2D eigenvalue weighted by molar-refractivity contribution is 14.1. The number of ether oxygens (including phenoxy) is 2. The summed E-state index contributed by atoms with van der Waals surface area (Å²) in [5.41, 5.74) is 2.58. The highest BCUT2D eigenvalue weighted by atomic mass is 127. The summed E-state index contributed by atoms with van der Waals surface area (Å²) in [6.07, 6.45) is 2.89. The van der Waals surface area contributed by atoms with Crippen molar-refractivity contribution in [1.82, 2.24) is 10.2 Å². The first-order valence-electron chi connectivity index (χ1n) is 10.9. The van der Waals surface area contributed by atoms with Gasteiger partial charge in [-0.3, -0.25) is 19.8 Å². The summed E-state index contributed by atoms with van der Waals surface area (Å²) in [4.78, 5) is 38.7. The molecule has 1 saturated heterocycles. The number of carbonyl (C=O) groups is 3. The molecule has 1 fully saturated rings. The minimum absolute atomic E-state index is 0.0875. The van der Waals surface area contributed by atoms with Crippen molar-refractivity contribution in [3.63, 3.8) is 0 Å². The van der Waals surface area contributed by atoms with Crippen molar-refractivity contribution in [3.05, 3.63) is 86.4 Å². The van der Waals surface area contributed by atoms with E-state index < -0.39 is 17.8 Å². The van der Waals surface area contributed by atoms with Crippen LogP contribution in [0.2, 0.25) is 0 Å². The Hall–Kier alpha value is -3.60. The van der Waals surface area contributed by atoms with Crippen molar-refractivity contribution in [3.8, 4) is 11.5 Å². The second-order valence-corrected chi connectivity index (χ2v) is 8.99. The fourth-order valence-corrected chi connectivity index (χ4v) is 4.26. The summed E-state index contributed by atoms with van der Waals surface area (Å²) in [5.74, 6) is 0.0198. The van der Waals surface area contributed by atoms with E-state index in [4.69, 9.17) is 13.9 Å². The Morgan fingerprint density at radius 3 is 2.54 bits per heavy atom. The quantitative estimate of drug-likeness (QED) is 0.231. The van der Waals surface area contributed by atoms with Crippen molar-refractivity contribution in [2.45, 2.75) is 27.0 Å². The molecule has 1 aromatic heterocycles. The molecule has 1 aliphatic rings. The molecule has 0 aliphatic carbocycles. The summed E-state index contributed by atoms with van der Waals surface area (Å²) >= 11 is 2.13. The number of benzene rings is 2. The summed E-state index contributed by atoms with van der Waals surface area (Å²) in [7, 11) is 0. The van der Waals surface area contributed by atoms with Gasteiger partial charge in [-0.2, -0.15) is 0 Å². The maximum atomic E-state index is 13.0. The van der Waals surface area contributed by atoms with E-state index in [-0.39, 0.29) is 12.1 Å². The number of halogens is 1. The van der Waals surface area contributed by atoms with E-state index in [1.54, 1.807) is 24.3 Å². The van der Waals surface area contributed by atoms with Crippen LogP contribution in [0.25, 0.3) is 6.08 Å². The van der Waals surface area contributed by atoms with Crippen LogP contribution in [0.5, 0.6) is 11.5 Å². The van der Waals surface area contributed by atoms with Crippen LogP contribution in [0, 0.1) is 10.5 Å². The van der Waals surface area contributed by atoms with Gasteiger partial charge in [0.05, 0.1) is 23.0 Å². The van der Waals surface area contributed by atoms with Crippen LogP contribution in [-0.2, 0) is 22.7 Å². The number of urea groups is 1. The molecule has 9 heteroatoms. The normalized spacial score (nSPS) is 14.9. The first kappa shape index (κ1) is 24.5. The zero-order chi connectivity index (χ0) is 24.9. The standard InChI is InChI=1S/C26H23IN2O6/c1-3-33-22-13-18(12-21(27)23(22)35-15-17-8-6-16(2)7-9-17)11-20-24(30)28-26(32)29(25(20)31)14-19-5-4-10-34-19/h4-13H,3,14-15H2,1-2H3,(H,28,30,32)/b20-11+. The smallest absolute Gasteiger partial charge is 0.331 e. The topological polar surface area (TPSA) is 98.1 Å². The third-order valence-electron chi connectivity index (χ3n) is 5.23. The van der Waals surface area contributed by atoms with E-state index in [1.807, 2.05) is 38.1 Å². The second kappa shape index (κ2) is 10.8. The molecule has 4 rings (SSSR count). The molecule has 0 atom stereocenters. The van der Waals surface area contributed by atoms with Crippen molar-refractivity contribution < 1.29 is 28.3 Å². The first-order valence-corrected chi connectivity index (χ1v) is 12.0. The summed E-state index contributed by atoms with van der Waals surface area (Å²) in [5, 5.41) is 2.21. The van der Waals surface area contributed by atoms with Gasteiger partial charge in [0.15, 0.2) is 11.5 Å². The molecule has 35 heavy (non-hydrogen) atoms. The average Bonchev–Trinajstić information content (AvgIpc) is 3.34. The Kier molecular flexibility index (Phi) is 7.54. The Bertz CT molecular complexity index is 1280. The van der Waals surface area contributed by atoms with Crippen LogP contribution in [-0.4, -0.2) is 29.4 Å². The molecule has 0 spiro atoms. The molecule has 8 nitrogen and oxygen atoms in total. The summed E-state index contributed by atoms with van der Waals surface area (Å²) < 4.78 is 17.8. The minimum atomic E-state index is -0.794. The molecular weight excluding hydrogens is 563 g/mol. The number of rotatable bonds is 8. The number of imide groups is 2. The van der Waals surface area contributed by atoms with Crippen LogP contribution in [0.4, 0.5) is 4.79 Å². The minimum Gasteiger partial charge on any atom is -0.490 e. The maximum absolute atomic E-state index is 13.0. The zero-order valence-corrected chi connectivity index (χ0v) is 21.3. The number of barbiturate groups is 1. The van der Waals surface area contributed by atoms with Crippen molar-refractivity contribution in [2.75, 3.05) is 6.61 Å². The lowest BCUT2D eigenvalue weighted by atomic mass is 10.1. The number of carbonyl (C=O) groups excluding carboxylic acids is 3. The molecule has 3 aromatic rings. The van der Waals surface area contributed by atoms with Crippen LogP contribution < -0.4 is 14.8 Å². The highest BCUT2D eigenvalue weighted by Gasteiger charge is 2.36. The fourth-order valence-electron chi connectivity index (χ4n) is 3.48. The molecule has 2 heterocycles. The van der Waals surface area contributed by atoms with Gasteiger partial charge in [-0.25, -0.2) is 4.79 Å². The predicted molar refractivity (Wildman–Crippen MR) is 137 cm³/mol. The van der Waals surface area contributed by atoms with Crippen molar-refractivity contribution in [2.24, 2.45) is 0 Å². The van der Waals surface area contributed by atoms with Gasteiger partial charge >= 0.3 is 6.03 Å². The summed E-state index contributed by atoms with van der Waals surface area (Å²) in [6.45, 7) is 4.56. The van der Waals surface area contributed by atoms with Gasteiger partial charge in [0.25, 0.3) is 11.8 Å². The zero-order valence-electron chi connectivity index (χ0n) is 19.2. The van der Waals surface area contributed by atoms with Crippen molar-refractivity contribution in [1.29, 1.82) is 0 Å². The van der Waals surface area contributed by atoms with Crippen LogP contribution >= 0.6 is 22.6 Å². The number of hydrogen-bond donors (Lipinski definition) is 1. The molecule has 0 saturated carbocycles. The van der Waals surface area contributed by atoms with Gasteiger partial charge in [0.2, 0.25) is 0 Å². The van der Waals surface area contributed by atoms with E-state index in [1.165, 1.54) is 17.9 Å². The first-order chi connectivity index (χ1) is 16.9. The average molecular weight is 586 g/mol. The molecule has 1 aliphatic heterocycles. The van der Waals surface area contributed by atoms with Gasteiger partial charge in [-0.1, -0.05) is 29.8 Å². The Morgan fingerprint density at radius 1 is 1.09 bits per heavy atom. The third-order valence-corrected chi connectivity index (χ3v) is 6.03. The molecule has 2 aromatic carbocycles. The SMILES string of the molecule is CCOc1cc(/C=C2\C(=O)NC(=O)N(Cc3ccco3)C2=O)cc(I)c1OCc1ccc(C)cc1. The number of nitrogens with zero attached hydrogens (tertiary/aromatic N) is 1. The van der Waals surface area contributed by atoms with E-state index in [0.29, 0.717) is 36.0 Å². The van der Waals surface area contributed by atoms with E-state index in [2.05, 4.69) is 27.9 Å². The Balaban J connectivity index is 1.61. The number of furan rings is 1. The van der Waals surface area contributed by atoms with Crippen LogP contribution in [0.15, 0.2) is 64.8 Å². The van der Waals surface area contributed by atoms with E-state index >= 15 is 0 Å². The van der Waals surface area contributed by atoms with Gasteiger partial charge in [-0.05, 0) is 77.9 Å². The predicted octanol–water partition coefficient (Wildman–Crippen LogP) is 4.83. The number of nitrogens with one attached hydrogen (secondary N) is 1. The van der Waals surface area contributed by atoms with Gasteiger partial charge in [0, 0.05) is 0 Å². The lowest BCUT2D eigenvalue weighted by molar-refractivity contribution is -0.130. The number of aryl methyl sites for hydroxylation is 1. The number of hydrogen-bond acceptors (Lipinski definition) is 6. The van der Waals surface area contributed by atoms with Crippen molar-refractivity contribution >= 4 is 46.5 Å². The maximum Gasteiger partial charge on any atom is 0.331 e. The lowest BCUT2D eigenvalue weighted by Gasteiger charge is -2.25. The van der Waals surface area contributed by atoms with Gasteiger partial charge < -0.3 is 13.9 Å². The van der Waals surface area contributed by atoms with Crippen LogP contribution in [0.1, 0.15) is 29.4 Å². The van der Waals surface area contributed by atoms with E-state index in [9.17, 15) is 14.4 Å². The molecule has 0 unspecified atom stereocenters. The van der Waals surface area contributed by atoms with Gasteiger partial charge in [-0.15, -0.1) is 0 Å². The largest absolute Gasteiger partial charge is 0.490 e. The lowest BCUT2D eigenvalue weighted by Crippen LogP contribution is -2.53. The Morgan fingerprint density at radius 2 is 1.86 bits per heavy atom. The summed E-state index contributed by atoms with van der Waals surface area (Å²) in [6, 6.07) is 14.1. The highest BCUT2D eigenvalue weighted by Crippen LogP contribution is 2.36. The van der Waals surface area contributed by atoms with Crippen LogP contribution in [0.3, 0.4) is 0 Å². The number of amides is 4.